The minimum atomic E-state index is -0.620. The van der Waals surface area contributed by atoms with E-state index in [4.69, 9.17) is 9.47 Å². The fourth-order valence-corrected chi connectivity index (χ4v) is 3.62. The van der Waals surface area contributed by atoms with Gasteiger partial charge in [-0.05, 0) is 53.9 Å². The number of amides is 2. The lowest BCUT2D eigenvalue weighted by molar-refractivity contribution is -0.139. The van der Waals surface area contributed by atoms with Gasteiger partial charge >= 0.3 is 0 Å². The molecule has 3 aromatic rings. The lowest BCUT2D eigenvalue weighted by Gasteiger charge is -2.31. The lowest BCUT2D eigenvalue weighted by Crippen LogP contribution is -2.47. The summed E-state index contributed by atoms with van der Waals surface area (Å²) in [5.74, 6) is 1.12. The van der Waals surface area contributed by atoms with E-state index in [0.29, 0.717) is 24.4 Å². The highest BCUT2D eigenvalue weighted by Gasteiger charge is 2.28. The van der Waals surface area contributed by atoms with Crippen LogP contribution in [0.1, 0.15) is 24.5 Å². The maximum Gasteiger partial charge on any atom is 0.247 e. The molecule has 0 aliphatic heterocycles. The van der Waals surface area contributed by atoms with Crippen molar-refractivity contribution in [2.45, 2.75) is 32.4 Å². The smallest absolute Gasteiger partial charge is 0.247 e. The van der Waals surface area contributed by atoms with Gasteiger partial charge in [0.25, 0.3) is 0 Å². The Morgan fingerprint density at radius 1 is 0.818 bits per heavy atom. The molecule has 0 spiro atoms. The van der Waals surface area contributed by atoms with Gasteiger partial charge in [-0.25, -0.2) is 0 Å². The molecule has 0 saturated carbocycles. The molecule has 0 heterocycles. The van der Waals surface area contributed by atoms with Gasteiger partial charge < -0.3 is 19.7 Å². The highest BCUT2D eigenvalue weighted by atomic mass is 16.5. The first-order valence-corrected chi connectivity index (χ1v) is 10.9. The van der Waals surface area contributed by atoms with E-state index in [9.17, 15) is 9.59 Å². The molecule has 0 saturated heterocycles. The van der Waals surface area contributed by atoms with E-state index in [1.54, 1.807) is 43.4 Å². The molecule has 1 unspecified atom stereocenters. The second-order valence-electron chi connectivity index (χ2n) is 7.67. The van der Waals surface area contributed by atoms with E-state index in [1.807, 2.05) is 61.5 Å². The maximum absolute atomic E-state index is 13.4. The molecular formula is C27H30N2O4. The Morgan fingerprint density at radius 2 is 1.39 bits per heavy atom. The topological polar surface area (TPSA) is 67.9 Å². The summed E-state index contributed by atoms with van der Waals surface area (Å²) in [6.45, 7) is 2.24. The summed E-state index contributed by atoms with van der Waals surface area (Å²) in [6, 6.07) is 23.6. The fraction of sp³-hybridized carbons (Fsp3) is 0.259. The molecule has 0 radical (unpaired) electrons. The van der Waals surface area contributed by atoms with Crippen molar-refractivity contribution in [1.29, 1.82) is 0 Å². The van der Waals surface area contributed by atoms with Gasteiger partial charge in [0.2, 0.25) is 11.8 Å². The van der Waals surface area contributed by atoms with Crippen molar-refractivity contribution < 1.29 is 19.1 Å². The Hall–Kier alpha value is -3.80. The third-order valence-electron chi connectivity index (χ3n) is 5.45. The molecular weight excluding hydrogens is 416 g/mol. The van der Waals surface area contributed by atoms with Crippen LogP contribution < -0.4 is 14.8 Å². The number of hydrogen-bond donors (Lipinski definition) is 1. The lowest BCUT2D eigenvalue weighted by atomic mass is 10.1. The van der Waals surface area contributed by atoms with E-state index in [0.717, 1.165) is 16.9 Å². The first-order valence-electron chi connectivity index (χ1n) is 10.9. The predicted octanol–water partition coefficient (Wildman–Crippen LogP) is 4.69. The van der Waals surface area contributed by atoms with Crippen LogP contribution in [-0.2, 0) is 22.6 Å². The van der Waals surface area contributed by atoms with Crippen LogP contribution in [0, 0.1) is 0 Å². The van der Waals surface area contributed by atoms with Crippen molar-refractivity contribution in [3.8, 4) is 11.5 Å². The maximum atomic E-state index is 13.4. The zero-order chi connectivity index (χ0) is 23.6. The number of rotatable bonds is 10. The highest BCUT2D eigenvalue weighted by Crippen LogP contribution is 2.20. The van der Waals surface area contributed by atoms with Crippen molar-refractivity contribution in [2.75, 3.05) is 19.5 Å². The van der Waals surface area contributed by atoms with E-state index >= 15 is 0 Å². The number of ether oxygens (including phenoxy) is 2. The Morgan fingerprint density at radius 3 is 1.94 bits per heavy atom. The largest absolute Gasteiger partial charge is 0.497 e. The number of methoxy groups -OCH3 is 2. The van der Waals surface area contributed by atoms with Crippen LogP contribution in [0.5, 0.6) is 11.5 Å². The van der Waals surface area contributed by atoms with Gasteiger partial charge in [0.1, 0.15) is 17.5 Å². The zero-order valence-electron chi connectivity index (χ0n) is 19.3. The number of hydrogen-bond acceptors (Lipinski definition) is 4. The first-order chi connectivity index (χ1) is 16.0. The summed E-state index contributed by atoms with van der Waals surface area (Å²) in [6.07, 6.45) is 0.710. The van der Waals surface area contributed by atoms with Crippen LogP contribution in [0.4, 0.5) is 5.69 Å². The standard InChI is InChI=1S/C27H30N2O4/c1-4-25(27(31)28-22-12-16-24(33-3)17-13-22)29(19-21-10-14-23(32-2)15-11-21)26(30)18-20-8-6-5-7-9-20/h5-17,25H,4,18-19H2,1-3H3,(H,28,31). The van der Waals surface area contributed by atoms with Gasteiger partial charge in [-0.15, -0.1) is 0 Å². The highest BCUT2D eigenvalue weighted by molar-refractivity contribution is 5.97. The quantitative estimate of drug-likeness (QED) is 0.491. The van der Waals surface area contributed by atoms with Crippen molar-refractivity contribution >= 4 is 17.5 Å². The van der Waals surface area contributed by atoms with Gasteiger partial charge in [-0.3, -0.25) is 9.59 Å². The monoisotopic (exact) mass is 446 g/mol. The third-order valence-corrected chi connectivity index (χ3v) is 5.45. The van der Waals surface area contributed by atoms with Crippen LogP contribution >= 0.6 is 0 Å². The van der Waals surface area contributed by atoms with E-state index < -0.39 is 6.04 Å². The zero-order valence-corrected chi connectivity index (χ0v) is 19.3. The van der Waals surface area contributed by atoms with Crippen LogP contribution in [0.25, 0.3) is 0 Å². The summed E-state index contributed by atoms with van der Waals surface area (Å²) in [5, 5.41) is 2.94. The van der Waals surface area contributed by atoms with Crippen molar-refractivity contribution in [2.24, 2.45) is 0 Å². The number of nitrogens with zero attached hydrogens (tertiary/aromatic N) is 1. The second-order valence-corrected chi connectivity index (χ2v) is 7.67. The molecule has 0 aliphatic carbocycles. The molecule has 1 N–H and O–H groups in total. The van der Waals surface area contributed by atoms with E-state index in [-0.39, 0.29) is 18.2 Å². The fourth-order valence-electron chi connectivity index (χ4n) is 3.62. The average molecular weight is 447 g/mol. The minimum Gasteiger partial charge on any atom is -0.497 e. The number of nitrogens with one attached hydrogen (secondary N) is 1. The van der Waals surface area contributed by atoms with E-state index in [1.165, 1.54) is 0 Å². The van der Waals surface area contributed by atoms with Gasteiger partial charge in [0, 0.05) is 12.2 Å². The Kier molecular flexibility index (Phi) is 8.47. The summed E-state index contributed by atoms with van der Waals surface area (Å²) < 4.78 is 10.4. The van der Waals surface area contributed by atoms with Gasteiger partial charge in [0.05, 0.1) is 20.6 Å². The molecule has 0 aromatic heterocycles. The number of anilines is 1. The van der Waals surface area contributed by atoms with Crippen molar-refractivity contribution in [1.82, 2.24) is 4.90 Å². The van der Waals surface area contributed by atoms with Crippen LogP contribution in [0.2, 0.25) is 0 Å². The molecule has 3 aromatic carbocycles. The van der Waals surface area contributed by atoms with Gasteiger partial charge in [0.15, 0.2) is 0 Å². The Balaban J connectivity index is 1.83. The minimum absolute atomic E-state index is 0.103. The van der Waals surface area contributed by atoms with E-state index in [2.05, 4.69) is 5.32 Å². The molecule has 0 bridgehead atoms. The molecule has 3 rings (SSSR count). The first kappa shape index (κ1) is 23.9. The molecule has 2 amide bonds. The SMILES string of the molecule is CCC(C(=O)Nc1ccc(OC)cc1)N(Cc1ccc(OC)cc1)C(=O)Cc1ccccc1. The molecule has 6 heteroatoms. The predicted molar refractivity (Wildman–Crippen MR) is 129 cm³/mol. The number of carbonyl (C=O) groups is 2. The molecule has 6 nitrogen and oxygen atoms in total. The average Bonchev–Trinajstić information content (AvgIpc) is 2.85. The Bertz CT molecular complexity index is 1030. The Labute approximate surface area is 195 Å². The summed E-state index contributed by atoms with van der Waals surface area (Å²) in [4.78, 5) is 28.3. The van der Waals surface area contributed by atoms with Gasteiger partial charge in [-0.2, -0.15) is 0 Å². The molecule has 0 fully saturated rings. The van der Waals surface area contributed by atoms with Crippen LogP contribution in [-0.4, -0.2) is 37.0 Å². The van der Waals surface area contributed by atoms with Crippen LogP contribution in [0.15, 0.2) is 78.9 Å². The van der Waals surface area contributed by atoms with Gasteiger partial charge in [-0.1, -0.05) is 49.4 Å². The summed E-state index contributed by atoms with van der Waals surface area (Å²) >= 11 is 0. The second kappa shape index (κ2) is 11.7. The molecule has 172 valence electrons. The normalized spacial score (nSPS) is 11.4. The third kappa shape index (κ3) is 6.59. The molecule has 1 atom stereocenters. The molecule has 0 aliphatic rings. The number of carbonyl (C=O) groups excluding carboxylic acids is 2. The van der Waals surface area contributed by atoms with Crippen molar-refractivity contribution in [3.63, 3.8) is 0 Å². The summed E-state index contributed by atoms with van der Waals surface area (Å²) in [5.41, 5.74) is 2.49. The number of benzene rings is 3. The van der Waals surface area contributed by atoms with Crippen molar-refractivity contribution in [3.05, 3.63) is 90.0 Å². The summed E-state index contributed by atoms with van der Waals surface area (Å²) in [7, 11) is 3.21. The molecule has 33 heavy (non-hydrogen) atoms. The van der Waals surface area contributed by atoms with Crippen LogP contribution in [0.3, 0.4) is 0 Å².